The van der Waals surface area contributed by atoms with E-state index >= 15 is 0 Å². The predicted molar refractivity (Wildman–Crippen MR) is 282 cm³/mol. The standard InChI is InChI=1S/C28H38Cl2N4O2.C25H32Cl2N4O2/c1-4-20(21-8-6-5-7-9-21)18-34-15-13-23(33-26(28(34)36)12-14-31-19(2)3)17-32-27(35)22-10-11-24(29)25(30)16-22;1-2-17(18-6-4-3-5-7-18)16-31-13-11-20(30-23(10-12-28)25(31)33)15-29-24(32)19-8-9-21(26)22(27)14-19/h5-11,16,19-20,23,26,31,33H,4,12-15,17-18H2,1-3H3,(H,32,35);3-9,14,17,20,23,30H,2,10-13,15-16,28H2,1H3,(H,29,32)/t20?,23-,26-;17?,20-,23-/m00/s1. The molecule has 4 aromatic rings. The van der Waals surface area contributed by atoms with Gasteiger partial charge >= 0.3 is 0 Å². The Kier molecular flexibility index (Phi) is 23.1. The molecule has 7 N–H and O–H groups in total. The van der Waals surface area contributed by atoms with Gasteiger partial charge in [-0.1, -0.05) is 135 Å². The van der Waals surface area contributed by atoms with E-state index in [2.05, 4.69) is 90.7 Å². The second kappa shape index (κ2) is 28.6. The van der Waals surface area contributed by atoms with Gasteiger partial charge in [0.2, 0.25) is 11.8 Å². The Balaban J connectivity index is 0.000000258. The highest BCUT2D eigenvalue weighted by atomic mass is 35.5. The van der Waals surface area contributed by atoms with Gasteiger partial charge in [-0.05, 0) is 99.1 Å². The van der Waals surface area contributed by atoms with Crippen LogP contribution in [0.1, 0.15) is 110 Å². The molecule has 69 heavy (non-hydrogen) atoms. The Hall–Kier alpha value is -4.24. The van der Waals surface area contributed by atoms with Crippen molar-refractivity contribution in [3.8, 4) is 0 Å². The van der Waals surface area contributed by atoms with Crippen molar-refractivity contribution in [1.82, 2.24) is 36.4 Å². The molecular weight excluding hydrogens is 954 g/mol. The van der Waals surface area contributed by atoms with E-state index in [0.717, 1.165) is 32.2 Å². The summed E-state index contributed by atoms with van der Waals surface area (Å²) in [5, 5.41) is 17.8. The van der Waals surface area contributed by atoms with E-state index < -0.39 is 0 Å². The highest BCUT2D eigenvalue weighted by Gasteiger charge is 2.33. The first-order valence-electron chi connectivity index (χ1n) is 24.3. The molecule has 6 rings (SSSR count). The maximum Gasteiger partial charge on any atom is 0.251 e. The third-order valence-electron chi connectivity index (χ3n) is 12.8. The first kappa shape index (κ1) is 55.7. The van der Waals surface area contributed by atoms with Crippen LogP contribution in [-0.4, -0.2) is 116 Å². The smallest absolute Gasteiger partial charge is 0.251 e. The molecule has 2 saturated heterocycles. The summed E-state index contributed by atoms with van der Waals surface area (Å²) >= 11 is 24.0. The van der Waals surface area contributed by atoms with Crippen LogP contribution in [0.5, 0.6) is 0 Å². The fourth-order valence-electron chi connectivity index (χ4n) is 8.78. The molecular formula is C53H70Cl4N8O4. The van der Waals surface area contributed by atoms with Crippen LogP contribution < -0.4 is 32.3 Å². The van der Waals surface area contributed by atoms with Gasteiger partial charge in [0.15, 0.2) is 0 Å². The predicted octanol–water partition coefficient (Wildman–Crippen LogP) is 8.69. The Morgan fingerprint density at radius 2 is 1.06 bits per heavy atom. The summed E-state index contributed by atoms with van der Waals surface area (Å²) in [6.45, 7) is 13.1. The van der Waals surface area contributed by atoms with Crippen molar-refractivity contribution in [1.29, 1.82) is 0 Å². The zero-order valence-electron chi connectivity index (χ0n) is 40.3. The number of nitrogens with two attached hydrogens (primary N) is 1. The van der Waals surface area contributed by atoms with E-state index in [1.807, 2.05) is 34.1 Å². The summed E-state index contributed by atoms with van der Waals surface area (Å²) in [5.41, 5.74) is 9.21. The van der Waals surface area contributed by atoms with Crippen LogP contribution in [0.3, 0.4) is 0 Å². The van der Waals surface area contributed by atoms with Crippen LogP contribution in [0.15, 0.2) is 97.1 Å². The normalized spacial score (nSPS) is 19.5. The van der Waals surface area contributed by atoms with Crippen LogP contribution in [0, 0.1) is 0 Å². The highest BCUT2D eigenvalue weighted by molar-refractivity contribution is 6.42. The molecule has 0 spiro atoms. The first-order chi connectivity index (χ1) is 33.2. The molecule has 12 nitrogen and oxygen atoms in total. The van der Waals surface area contributed by atoms with E-state index in [1.54, 1.807) is 36.4 Å². The van der Waals surface area contributed by atoms with Crippen molar-refractivity contribution >= 4 is 70.0 Å². The van der Waals surface area contributed by atoms with Gasteiger partial charge in [-0.3, -0.25) is 19.2 Å². The minimum atomic E-state index is -0.363. The maximum atomic E-state index is 13.6. The Morgan fingerprint density at radius 1 is 0.638 bits per heavy atom. The van der Waals surface area contributed by atoms with Crippen LogP contribution in [0.25, 0.3) is 0 Å². The molecule has 2 fully saturated rings. The third kappa shape index (κ3) is 17.2. The molecule has 374 valence electrons. The molecule has 6 atom stereocenters. The Morgan fingerprint density at radius 3 is 1.43 bits per heavy atom. The number of halogens is 4. The van der Waals surface area contributed by atoms with E-state index in [1.165, 1.54) is 11.1 Å². The van der Waals surface area contributed by atoms with Crippen LogP contribution in [0.2, 0.25) is 20.1 Å². The molecule has 4 aromatic carbocycles. The topological polar surface area (TPSA) is 161 Å². The van der Waals surface area contributed by atoms with Crippen molar-refractivity contribution < 1.29 is 19.2 Å². The number of hydrogen-bond acceptors (Lipinski definition) is 8. The summed E-state index contributed by atoms with van der Waals surface area (Å²) in [4.78, 5) is 56.1. The van der Waals surface area contributed by atoms with Crippen molar-refractivity contribution in [3.63, 3.8) is 0 Å². The van der Waals surface area contributed by atoms with Gasteiger partial charge < -0.3 is 42.1 Å². The van der Waals surface area contributed by atoms with Crippen molar-refractivity contribution in [2.24, 2.45) is 5.73 Å². The maximum absolute atomic E-state index is 13.6. The SMILES string of the molecule is CCC(CN1CC[C@@H](CNC(=O)c2ccc(Cl)c(Cl)c2)N[C@@H](CCN)C1=O)c1ccccc1.CCC(CN1CC[C@@H](CNC(=O)c2ccc(Cl)c(Cl)c2)N[C@@H](CCNC(C)C)C1=O)c1ccccc1. The number of rotatable bonds is 20. The van der Waals surface area contributed by atoms with E-state index in [9.17, 15) is 19.2 Å². The first-order valence-corrected chi connectivity index (χ1v) is 25.8. The summed E-state index contributed by atoms with van der Waals surface area (Å²) in [7, 11) is 0. The number of carbonyl (C=O) groups is 4. The molecule has 2 aliphatic heterocycles. The Labute approximate surface area is 429 Å². The molecule has 2 aliphatic rings. The van der Waals surface area contributed by atoms with Gasteiger partial charge in [0.05, 0.1) is 32.2 Å². The molecule has 0 bridgehead atoms. The fourth-order valence-corrected chi connectivity index (χ4v) is 9.37. The molecule has 0 saturated carbocycles. The quantitative estimate of drug-likeness (QED) is 0.0513. The van der Waals surface area contributed by atoms with Gasteiger partial charge in [0.25, 0.3) is 11.8 Å². The number of amides is 4. The Bertz CT molecular complexity index is 2260. The average Bonchev–Trinajstić information content (AvgIpc) is 3.59. The van der Waals surface area contributed by atoms with E-state index in [0.29, 0.717) is 95.9 Å². The van der Waals surface area contributed by atoms with Crippen LogP contribution in [-0.2, 0) is 9.59 Å². The zero-order chi connectivity index (χ0) is 49.9. The molecule has 4 amide bonds. The van der Waals surface area contributed by atoms with Crippen molar-refractivity contribution in [3.05, 3.63) is 139 Å². The largest absolute Gasteiger partial charge is 0.350 e. The minimum absolute atomic E-state index is 0.0217. The van der Waals surface area contributed by atoms with Gasteiger partial charge in [-0.15, -0.1) is 0 Å². The molecule has 0 aliphatic carbocycles. The van der Waals surface area contributed by atoms with Crippen molar-refractivity contribution in [2.75, 3.05) is 52.4 Å². The summed E-state index contributed by atoms with van der Waals surface area (Å²) in [5.74, 6) is 0.334. The average molecular weight is 1030 g/mol. The molecule has 2 unspecified atom stereocenters. The lowest BCUT2D eigenvalue weighted by Gasteiger charge is -2.29. The number of hydrogen-bond donors (Lipinski definition) is 6. The number of benzene rings is 4. The summed E-state index contributed by atoms with van der Waals surface area (Å²) in [6.07, 6.45) is 4.64. The van der Waals surface area contributed by atoms with Crippen LogP contribution >= 0.6 is 46.4 Å². The van der Waals surface area contributed by atoms with Gasteiger partial charge in [0, 0.05) is 80.4 Å². The van der Waals surface area contributed by atoms with E-state index in [4.69, 9.17) is 52.1 Å². The molecule has 0 radical (unpaired) electrons. The molecule has 16 heteroatoms. The van der Waals surface area contributed by atoms with Crippen LogP contribution in [0.4, 0.5) is 0 Å². The zero-order valence-corrected chi connectivity index (χ0v) is 43.3. The van der Waals surface area contributed by atoms with Gasteiger partial charge in [-0.2, -0.15) is 0 Å². The fraction of sp³-hybridized carbons (Fsp3) is 0.472. The minimum Gasteiger partial charge on any atom is -0.350 e. The second-order valence-electron chi connectivity index (χ2n) is 18.2. The lowest BCUT2D eigenvalue weighted by Crippen LogP contribution is -2.50. The lowest BCUT2D eigenvalue weighted by molar-refractivity contribution is -0.133. The molecule has 0 aromatic heterocycles. The third-order valence-corrected chi connectivity index (χ3v) is 14.3. The highest BCUT2D eigenvalue weighted by Crippen LogP contribution is 2.26. The van der Waals surface area contributed by atoms with E-state index in [-0.39, 0.29) is 59.6 Å². The lowest BCUT2D eigenvalue weighted by atomic mass is 9.95. The number of nitrogens with one attached hydrogen (secondary N) is 5. The van der Waals surface area contributed by atoms with Crippen molar-refractivity contribution in [2.45, 2.75) is 108 Å². The van der Waals surface area contributed by atoms with Gasteiger partial charge in [-0.25, -0.2) is 0 Å². The second-order valence-corrected chi connectivity index (χ2v) is 19.8. The van der Waals surface area contributed by atoms with Gasteiger partial charge in [0.1, 0.15) is 0 Å². The number of carbonyl (C=O) groups excluding carboxylic acids is 4. The molecule has 2 heterocycles. The summed E-state index contributed by atoms with van der Waals surface area (Å²) < 4.78 is 0. The summed E-state index contributed by atoms with van der Waals surface area (Å²) in [6, 6.07) is 30.0. The number of nitrogens with zero attached hydrogens (tertiary/aromatic N) is 2. The monoisotopic (exact) mass is 1020 g/mol.